The van der Waals surface area contributed by atoms with E-state index in [0.717, 1.165) is 0 Å². The van der Waals surface area contributed by atoms with Gasteiger partial charge < -0.3 is 5.48 Å². The fraction of sp³-hybridized carbons (Fsp3) is 0. The fourth-order valence-corrected chi connectivity index (χ4v) is 0. The zero-order valence-electron chi connectivity index (χ0n) is 6.78. The van der Waals surface area contributed by atoms with E-state index in [2.05, 4.69) is 0 Å². The molecule has 0 aromatic heterocycles. The van der Waals surface area contributed by atoms with Crippen LogP contribution in [0, 0.1) is 0 Å². The summed E-state index contributed by atoms with van der Waals surface area (Å²) in [4.78, 5) is 0. The molecule has 0 radical (unpaired) electrons. The van der Waals surface area contributed by atoms with Crippen LogP contribution in [0.5, 0.6) is 0 Å². The average Bonchev–Trinajstić information content (AvgIpc) is 1.12. The average molecular weight is 369 g/mol. The SMILES string of the molecule is O.O=[As]([O-])([O-])[O-].O=[As]([O-])([O-])[O-].[Mg+2].[Mg+2].[Mg+2]. The van der Waals surface area contributed by atoms with E-state index in [1.54, 1.807) is 0 Å². The van der Waals surface area contributed by atoms with Crippen molar-refractivity contribution in [2.45, 2.75) is 0 Å². The predicted octanol–water partition coefficient (Wildman–Crippen LogP) is -10.1. The molecule has 9 nitrogen and oxygen atoms in total. The van der Waals surface area contributed by atoms with Gasteiger partial charge >= 0.3 is 130 Å². The summed E-state index contributed by atoms with van der Waals surface area (Å²) < 4.78 is 68.9. The zero-order chi connectivity index (χ0) is 9.00. The maximum absolute atomic E-state index is 8.61. The summed E-state index contributed by atoms with van der Waals surface area (Å²) in [6, 6.07) is 0. The second-order valence-electron chi connectivity index (χ2n) is 0.894. The van der Waals surface area contributed by atoms with Gasteiger partial charge in [0, 0.05) is 0 Å². The van der Waals surface area contributed by atoms with Gasteiger partial charge in [0.15, 0.2) is 0 Å². The van der Waals surface area contributed by atoms with Crippen molar-refractivity contribution in [1.29, 1.82) is 0 Å². The van der Waals surface area contributed by atoms with Crippen molar-refractivity contribution in [1.82, 2.24) is 0 Å². The first-order valence-electron chi connectivity index (χ1n) is 1.46. The Morgan fingerprint density at radius 2 is 0.571 bits per heavy atom. The summed E-state index contributed by atoms with van der Waals surface area (Å²) in [6.45, 7) is 0. The third-order valence-electron chi connectivity index (χ3n) is 0. The molecule has 0 atom stereocenters. The Morgan fingerprint density at radius 1 is 0.571 bits per heavy atom. The Kier molecular flexibility index (Phi) is 40.4. The minimum atomic E-state index is -5.88. The third kappa shape index (κ3) is 372. The van der Waals surface area contributed by atoms with Gasteiger partial charge in [0.2, 0.25) is 0 Å². The molecule has 0 spiro atoms. The van der Waals surface area contributed by atoms with Crippen molar-refractivity contribution in [3.05, 3.63) is 0 Å². The van der Waals surface area contributed by atoms with Crippen LogP contribution >= 0.6 is 0 Å². The van der Waals surface area contributed by atoms with Crippen LogP contribution in [-0.4, -0.2) is 104 Å². The predicted molar refractivity (Wildman–Crippen MR) is 33.8 cm³/mol. The van der Waals surface area contributed by atoms with Crippen molar-refractivity contribution in [3.8, 4) is 0 Å². The maximum Gasteiger partial charge on any atom is 2.00 e. The van der Waals surface area contributed by atoms with E-state index in [1.165, 1.54) is 0 Å². The van der Waals surface area contributed by atoms with E-state index in [0.29, 0.717) is 0 Å². The summed E-state index contributed by atoms with van der Waals surface area (Å²) >= 11 is -11.8. The van der Waals surface area contributed by atoms with Crippen molar-refractivity contribution < 1.29 is 37.5 Å². The van der Waals surface area contributed by atoms with Gasteiger partial charge in [-0.05, 0) is 0 Å². The van der Waals surface area contributed by atoms with E-state index in [9.17, 15) is 0 Å². The van der Waals surface area contributed by atoms with Gasteiger partial charge in [-0.3, -0.25) is 0 Å². The van der Waals surface area contributed by atoms with Crippen molar-refractivity contribution in [3.63, 3.8) is 0 Å². The molecule has 0 amide bonds. The van der Waals surface area contributed by atoms with Crippen LogP contribution < -0.4 is 24.6 Å². The van der Waals surface area contributed by atoms with Crippen LogP contribution in [-0.2, 0) is 7.48 Å². The Bertz CT molecular complexity index is 130. The summed E-state index contributed by atoms with van der Waals surface area (Å²) in [5.41, 5.74) is 0. The quantitative estimate of drug-likeness (QED) is 0.374. The Hall–Kier alpha value is 2.74. The molecule has 0 fully saturated rings. The summed E-state index contributed by atoms with van der Waals surface area (Å²) in [5.74, 6) is 0. The van der Waals surface area contributed by atoms with Crippen LogP contribution in [0.4, 0.5) is 0 Å². The van der Waals surface area contributed by atoms with Gasteiger partial charge in [-0.25, -0.2) is 0 Å². The first-order chi connectivity index (χ1) is 4.00. The molecular weight excluding hydrogens is 367 g/mol. The van der Waals surface area contributed by atoms with Gasteiger partial charge in [-0.2, -0.15) is 0 Å². The van der Waals surface area contributed by atoms with E-state index in [1.807, 2.05) is 0 Å². The fourth-order valence-electron chi connectivity index (χ4n) is 0. The minimum Gasteiger partial charge on any atom is 2.00 e. The molecule has 0 aromatic carbocycles. The van der Waals surface area contributed by atoms with Crippen molar-refractivity contribution in [2.24, 2.45) is 0 Å². The second kappa shape index (κ2) is 15.7. The van der Waals surface area contributed by atoms with Gasteiger partial charge in [-0.15, -0.1) is 0 Å². The van der Waals surface area contributed by atoms with Gasteiger partial charge in [-0.1, -0.05) is 0 Å². The van der Waals surface area contributed by atoms with E-state index >= 15 is 0 Å². The summed E-state index contributed by atoms with van der Waals surface area (Å²) in [6.07, 6.45) is 0. The molecule has 0 aliphatic rings. The first-order valence-corrected chi connectivity index (χ1v) is 7.59. The number of rotatable bonds is 0. The molecule has 0 aliphatic heterocycles. The molecule has 0 heterocycles. The van der Waals surface area contributed by atoms with Crippen LogP contribution in [0.2, 0.25) is 0 Å². The number of hydrogen-bond donors (Lipinski definition) is 0. The Morgan fingerprint density at radius 3 is 0.571 bits per heavy atom. The molecule has 0 aromatic rings. The molecule has 0 saturated carbocycles. The largest absolute Gasteiger partial charge is 2.00 e. The second-order valence-corrected chi connectivity index (χ2v) is 4.65. The molecular formula is H2As2Mg3O9. The molecule has 0 aliphatic carbocycles. The van der Waals surface area contributed by atoms with Gasteiger partial charge in [0.1, 0.15) is 0 Å². The van der Waals surface area contributed by atoms with Crippen LogP contribution in [0.25, 0.3) is 0 Å². The zero-order valence-corrected chi connectivity index (χ0v) is 14.8. The molecule has 0 saturated heterocycles. The van der Waals surface area contributed by atoms with E-state index < -0.39 is 29.0 Å². The van der Waals surface area contributed by atoms with Gasteiger partial charge in [0.25, 0.3) is 0 Å². The van der Waals surface area contributed by atoms with Crippen LogP contribution in [0.15, 0.2) is 0 Å². The topological polar surface area (TPSA) is 204 Å². The standard InChI is InChI=1S/2AsH3O4.3Mg.H2O/c2*2-1(3,4)5;;;;/h2*(H3,2,3,4,5);;;;1H2/q;;3*+2;/p-6. The Labute approximate surface area is 134 Å². The van der Waals surface area contributed by atoms with Crippen LogP contribution in [0.1, 0.15) is 0 Å². The summed E-state index contributed by atoms with van der Waals surface area (Å²) in [5, 5.41) is 0. The molecule has 72 valence electrons. The Balaban J connectivity index is -0.0000000178. The third-order valence-corrected chi connectivity index (χ3v) is 0. The molecule has 0 bridgehead atoms. The minimum absolute atomic E-state index is 0. The summed E-state index contributed by atoms with van der Waals surface area (Å²) in [7, 11) is 0. The molecule has 2 N–H and O–H groups in total. The number of hydrogen-bond acceptors (Lipinski definition) is 8. The molecule has 0 rings (SSSR count). The monoisotopic (exact) mass is 368 g/mol. The smallest absolute Gasteiger partial charge is 2.00 e. The van der Waals surface area contributed by atoms with Gasteiger partial charge in [0.05, 0.1) is 0 Å². The van der Waals surface area contributed by atoms with Crippen molar-refractivity contribution >= 4 is 98.2 Å². The molecule has 0 unspecified atom stereocenters. The van der Waals surface area contributed by atoms with E-state index in [4.69, 9.17) is 32.1 Å². The molecule has 14 heteroatoms. The maximum atomic E-state index is 8.61. The first kappa shape index (κ1) is 36.0. The van der Waals surface area contributed by atoms with Crippen LogP contribution in [0.3, 0.4) is 0 Å². The normalized spacial score (nSPS) is 8.43. The van der Waals surface area contributed by atoms with E-state index in [-0.39, 0.29) is 74.6 Å². The molecule has 14 heavy (non-hydrogen) atoms. The van der Waals surface area contributed by atoms with Crippen molar-refractivity contribution in [2.75, 3.05) is 0 Å².